The number of aromatic hydroxyl groups is 1. The number of carbonyl (C=O) groups is 1. The largest absolute Gasteiger partial charge is 0.508 e. The molecule has 3 aromatic carbocycles. The average Bonchev–Trinajstić information content (AvgIpc) is 2.78. The standard InChI is InChI=1S/C26H24FNO3/c1-26(20-6-3-18(4-7-20)5-14-25(30)31-2)24-13-12-23(29)17-19(24)15-16-28(26)22-10-8-21(27)9-11-22/h3-14,17,29H,15-16H2,1-2H3. The van der Waals surface area contributed by atoms with Crippen molar-refractivity contribution in [2.45, 2.75) is 18.9 Å². The van der Waals surface area contributed by atoms with Gasteiger partial charge in [-0.1, -0.05) is 30.3 Å². The van der Waals surface area contributed by atoms with E-state index in [1.54, 1.807) is 24.3 Å². The van der Waals surface area contributed by atoms with Crippen LogP contribution < -0.4 is 4.90 Å². The number of rotatable bonds is 4. The molecule has 1 N–H and O–H groups in total. The summed E-state index contributed by atoms with van der Waals surface area (Å²) in [4.78, 5) is 13.6. The molecular formula is C26H24FNO3. The van der Waals surface area contributed by atoms with Crippen molar-refractivity contribution in [3.63, 3.8) is 0 Å². The first kappa shape index (κ1) is 20.7. The van der Waals surface area contributed by atoms with Crippen molar-refractivity contribution < 1.29 is 19.0 Å². The van der Waals surface area contributed by atoms with Crippen LogP contribution in [0.3, 0.4) is 0 Å². The Morgan fingerprint density at radius 1 is 1.10 bits per heavy atom. The van der Waals surface area contributed by atoms with Crippen LogP contribution in [-0.2, 0) is 21.5 Å². The fourth-order valence-corrected chi connectivity index (χ4v) is 4.33. The quantitative estimate of drug-likeness (QED) is 0.477. The molecule has 0 radical (unpaired) electrons. The molecule has 1 atom stereocenters. The summed E-state index contributed by atoms with van der Waals surface area (Å²) < 4.78 is 18.2. The second kappa shape index (κ2) is 8.26. The van der Waals surface area contributed by atoms with Crippen LogP contribution in [0.25, 0.3) is 6.08 Å². The van der Waals surface area contributed by atoms with E-state index in [4.69, 9.17) is 0 Å². The van der Waals surface area contributed by atoms with E-state index in [1.165, 1.54) is 25.3 Å². The first-order chi connectivity index (χ1) is 14.9. The maximum Gasteiger partial charge on any atom is 0.330 e. The lowest BCUT2D eigenvalue weighted by atomic mass is 9.76. The van der Waals surface area contributed by atoms with Gasteiger partial charge in [-0.15, -0.1) is 0 Å². The Labute approximate surface area is 181 Å². The minimum Gasteiger partial charge on any atom is -0.508 e. The Morgan fingerprint density at radius 3 is 2.48 bits per heavy atom. The van der Waals surface area contributed by atoms with Gasteiger partial charge in [0, 0.05) is 18.3 Å². The van der Waals surface area contributed by atoms with Gasteiger partial charge in [0.05, 0.1) is 12.6 Å². The van der Waals surface area contributed by atoms with Gasteiger partial charge in [0.2, 0.25) is 0 Å². The molecule has 158 valence electrons. The number of halogens is 1. The van der Waals surface area contributed by atoms with Gasteiger partial charge >= 0.3 is 5.97 Å². The molecule has 31 heavy (non-hydrogen) atoms. The van der Waals surface area contributed by atoms with E-state index in [0.29, 0.717) is 0 Å². The number of methoxy groups -OCH3 is 1. The summed E-state index contributed by atoms with van der Waals surface area (Å²) >= 11 is 0. The van der Waals surface area contributed by atoms with Crippen molar-refractivity contribution in [1.29, 1.82) is 0 Å². The molecule has 0 saturated heterocycles. The predicted octanol–water partition coefficient (Wildman–Crippen LogP) is 5.04. The third-order valence-corrected chi connectivity index (χ3v) is 5.98. The molecule has 4 nitrogen and oxygen atoms in total. The molecule has 0 spiro atoms. The maximum absolute atomic E-state index is 13.6. The molecule has 0 saturated carbocycles. The van der Waals surface area contributed by atoms with Crippen molar-refractivity contribution in [2.24, 2.45) is 0 Å². The lowest BCUT2D eigenvalue weighted by Crippen LogP contribution is -2.49. The molecule has 0 aliphatic carbocycles. The SMILES string of the molecule is COC(=O)C=Cc1ccc(C2(C)c3ccc(O)cc3CCN2c2ccc(F)cc2)cc1. The lowest BCUT2D eigenvalue weighted by Gasteiger charge is -2.48. The summed E-state index contributed by atoms with van der Waals surface area (Å²) in [5, 5.41) is 10.0. The zero-order valence-electron chi connectivity index (χ0n) is 17.5. The van der Waals surface area contributed by atoms with E-state index in [-0.39, 0.29) is 11.6 Å². The van der Waals surface area contributed by atoms with Gasteiger partial charge in [0.25, 0.3) is 0 Å². The molecule has 1 aliphatic rings. The van der Waals surface area contributed by atoms with E-state index in [1.807, 2.05) is 36.4 Å². The monoisotopic (exact) mass is 417 g/mol. The fourth-order valence-electron chi connectivity index (χ4n) is 4.33. The topological polar surface area (TPSA) is 49.8 Å². The predicted molar refractivity (Wildman–Crippen MR) is 120 cm³/mol. The number of hydrogen-bond donors (Lipinski definition) is 1. The van der Waals surface area contributed by atoms with E-state index >= 15 is 0 Å². The maximum atomic E-state index is 13.6. The van der Waals surface area contributed by atoms with Crippen LogP contribution >= 0.6 is 0 Å². The van der Waals surface area contributed by atoms with Gasteiger partial charge in [-0.25, -0.2) is 9.18 Å². The van der Waals surface area contributed by atoms with Crippen LogP contribution in [0, 0.1) is 5.82 Å². The van der Waals surface area contributed by atoms with E-state index < -0.39 is 11.5 Å². The van der Waals surface area contributed by atoms with Gasteiger partial charge < -0.3 is 14.7 Å². The highest BCUT2D eigenvalue weighted by atomic mass is 19.1. The zero-order valence-corrected chi connectivity index (χ0v) is 17.5. The Morgan fingerprint density at radius 2 is 1.81 bits per heavy atom. The summed E-state index contributed by atoms with van der Waals surface area (Å²) in [6, 6.07) is 20.0. The summed E-state index contributed by atoms with van der Waals surface area (Å²) in [6.07, 6.45) is 3.87. The molecule has 0 bridgehead atoms. The number of phenolic OH excluding ortho intramolecular Hbond substituents is 1. The molecule has 5 heteroatoms. The summed E-state index contributed by atoms with van der Waals surface area (Å²) in [5.41, 5.74) is 4.53. The first-order valence-electron chi connectivity index (χ1n) is 10.1. The van der Waals surface area contributed by atoms with Crippen LogP contribution in [-0.4, -0.2) is 24.7 Å². The molecule has 0 amide bonds. The van der Waals surface area contributed by atoms with Crippen molar-refractivity contribution in [3.8, 4) is 5.75 Å². The lowest BCUT2D eigenvalue weighted by molar-refractivity contribution is -0.134. The molecule has 3 aromatic rings. The van der Waals surface area contributed by atoms with E-state index in [0.717, 1.165) is 40.9 Å². The van der Waals surface area contributed by atoms with Gasteiger partial charge in [-0.3, -0.25) is 0 Å². The van der Waals surface area contributed by atoms with E-state index in [9.17, 15) is 14.3 Å². The van der Waals surface area contributed by atoms with Crippen LogP contribution in [0.5, 0.6) is 5.75 Å². The van der Waals surface area contributed by atoms with Crippen molar-refractivity contribution >= 4 is 17.7 Å². The van der Waals surface area contributed by atoms with Crippen LogP contribution in [0.15, 0.2) is 72.8 Å². The minimum absolute atomic E-state index is 0.250. The Kier molecular flexibility index (Phi) is 5.51. The Balaban J connectivity index is 1.80. The molecular weight excluding hydrogens is 393 g/mol. The molecule has 1 heterocycles. The second-order valence-electron chi connectivity index (χ2n) is 7.77. The number of fused-ring (bicyclic) bond motifs is 1. The van der Waals surface area contributed by atoms with Crippen molar-refractivity contribution in [3.05, 3.63) is 101 Å². The summed E-state index contributed by atoms with van der Waals surface area (Å²) in [6.45, 7) is 2.87. The molecule has 1 aliphatic heterocycles. The number of nitrogens with zero attached hydrogens (tertiary/aromatic N) is 1. The highest BCUT2D eigenvalue weighted by molar-refractivity contribution is 5.86. The third kappa shape index (κ3) is 3.91. The Hall–Kier alpha value is -3.60. The number of carbonyl (C=O) groups excluding carboxylic acids is 1. The smallest absolute Gasteiger partial charge is 0.330 e. The van der Waals surface area contributed by atoms with Crippen molar-refractivity contribution in [1.82, 2.24) is 0 Å². The molecule has 0 aromatic heterocycles. The highest BCUT2D eigenvalue weighted by Gasteiger charge is 2.40. The fraction of sp³-hybridized carbons (Fsp3) is 0.192. The van der Waals surface area contributed by atoms with Gasteiger partial charge in [-0.05, 0) is 78.1 Å². The average molecular weight is 417 g/mol. The minimum atomic E-state index is -0.524. The van der Waals surface area contributed by atoms with Crippen LogP contribution in [0.4, 0.5) is 10.1 Å². The highest BCUT2D eigenvalue weighted by Crippen LogP contribution is 2.44. The Bertz CT molecular complexity index is 1120. The number of anilines is 1. The van der Waals surface area contributed by atoms with Crippen molar-refractivity contribution in [2.75, 3.05) is 18.6 Å². The third-order valence-electron chi connectivity index (χ3n) is 5.98. The van der Waals surface area contributed by atoms with Gasteiger partial charge in [-0.2, -0.15) is 0 Å². The number of ether oxygens (including phenoxy) is 1. The molecule has 0 fully saturated rings. The number of esters is 1. The number of phenols is 1. The second-order valence-corrected chi connectivity index (χ2v) is 7.77. The zero-order chi connectivity index (χ0) is 22.0. The van der Waals surface area contributed by atoms with Gasteiger partial charge in [0.1, 0.15) is 11.6 Å². The number of benzene rings is 3. The normalized spacial score (nSPS) is 18.1. The van der Waals surface area contributed by atoms with Crippen LogP contribution in [0.2, 0.25) is 0 Å². The van der Waals surface area contributed by atoms with E-state index in [2.05, 4.69) is 16.6 Å². The molecule has 1 unspecified atom stereocenters. The van der Waals surface area contributed by atoms with Gasteiger partial charge in [0.15, 0.2) is 0 Å². The molecule has 4 rings (SSSR count). The van der Waals surface area contributed by atoms with Crippen LogP contribution in [0.1, 0.15) is 29.2 Å². The number of hydrogen-bond acceptors (Lipinski definition) is 4. The summed E-state index contributed by atoms with van der Waals surface area (Å²) in [5.74, 6) is -0.423. The first-order valence-corrected chi connectivity index (χ1v) is 10.1. The summed E-state index contributed by atoms with van der Waals surface area (Å²) in [7, 11) is 1.35.